The Morgan fingerprint density at radius 3 is 2.54 bits per heavy atom. The Morgan fingerprint density at radius 1 is 1.19 bits per heavy atom. The highest BCUT2D eigenvalue weighted by Gasteiger charge is 2.13. The van der Waals surface area contributed by atoms with Crippen molar-refractivity contribution >= 4 is 32.0 Å². The monoisotopic (exact) mass is 389 g/mol. The first-order chi connectivity index (χ1) is 12.3. The third-order valence-corrected chi connectivity index (χ3v) is 5.46. The summed E-state index contributed by atoms with van der Waals surface area (Å²) in [5.74, 6) is 0.0186. The summed E-state index contributed by atoms with van der Waals surface area (Å²) in [5, 5.41) is 13.5. The van der Waals surface area contributed by atoms with Crippen molar-refractivity contribution in [1.29, 1.82) is 0 Å². The van der Waals surface area contributed by atoms with Crippen LogP contribution >= 0.6 is 11.3 Å². The van der Waals surface area contributed by atoms with Gasteiger partial charge in [0.1, 0.15) is 0 Å². The molecular weight excluding hydrogens is 370 g/mol. The van der Waals surface area contributed by atoms with Gasteiger partial charge in [-0.15, -0.1) is 0 Å². The van der Waals surface area contributed by atoms with Crippen LogP contribution in [0.4, 0.5) is 10.8 Å². The Hall–Kier alpha value is -2.29. The van der Waals surface area contributed by atoms with Crippen LogP contribution < -0.4 is 5.32 Å². The molecule has 0 atom stereocenters. The fourth-order valence-corrected chi connectivity index (χ4v) is 4.20. The van der Waals surface area contributed by atoms with E-state index in [1.54, 1.807) is 18.3 Å². The molecule has 3 aromatic rings. The summed E-state index contributed by atoms with van der Waals surface area (Å²) in [4.78, 5) is 9.55. The van der Waals surface area contributed by atoms with E-state index in [9.17, 15) is 13.5 Å². The fraction of sp³-hybridized carbons (Fsp3) is 0.222. The van der Waals surface area contributed by atoms with Crippen LogP contribution in [0, 0.1) is 6.92 Å². The van der Waals surface area contributed by atoms with E-state index in [0.29, 0.717) is 5.13 Å². The van der Waals surface area contributed by atoms with E-state index in [0.717, 1.165) is 33.1 Å². The molecular formula is C18H19N3O3S2. The van der Waals surface area contributed by atoms with Crippen LogP contribution in [-0.2, 0) is 22.2 Å². The Balaban J connectivity index is 1.82. The highest BCUT2D eigenvalue weighted by atomic mass is 32.2. The molecule has 0 aliphatic heterocycles. The molecule has 1 aromatic carbocycles. The van der Waals surface area contributed by atoms with Crippen molar-refractivity contribution in [2.45, 2.75) is 19.3 Å². The maximum absolute atomic E-state index is 11.4. The fourth-order valence-electron chi connectivity index (χ4n) is 2.54. The van der Waals surface area contributed by atoms with Gasteiger partial charge in [-0.2, -0.15) is 0 Å². The van der Waals surface area contributed by atoms with Crippen LogP contribution in [0.1, 0.15) is 16.1 Å². The first-order valence-corrected chi connectivity index (χ1v) is 10.8. The quantitative estimate of drug-likeness (QED) is 0.672. The smallest absolute Gasteiger partial charge is 0.188 e. The number of hydrogen-bond donors (Lipinski definition) is 2. The van der Waals surface area contributed by atoms with Gasteiger partial charge in [0.15, 0.2) is 15.0 Å². The third kappa shape index (κ3) is 4.66. The number of benzene rings is 1. The SMILES string of the molecule is Cc1cc(-c2nc(Nc3ccc(CS(C)(=O)=O)cc3)sc2CO)ccn1. The molecule has 0 aliphatic carbocycles. The summed E-state index contributed by atoms with van der Waals surface area (Å²) in [7, 11) is -3.05. The van der Waals surface area contributed by atoms with E-state index in [1.807, 2.05) is 31.2 Å². The van der Waals surface area contributed by atoms with Crippen molar-refractivity contribution < 1.29 is 13.5 Å². The molecule has 26 heavy (non-hydrogen) atoms. The van der Waals surface area contributed by atoms with Crippen LogP contribution in [0.3, 0.4) is 0 Å². The van der Waals surface area contributed by atoms with Crippen LogP contribution in [-0.4, -0.2) is 29.7 Å². The van der Waals surface area contributed by atoms with Crippen LogP contribution in [0.2, 0.25) is 0 Å². The number of aliphatic hydroxyl groups is 1. The summed E-state index contributed by atoms with van der Waals surface area (Å²) >= 11 is 1.38. The Bertz CT molecular complexity index is 1010. The standard InChI is InChI=1S/C18H19N3O3S2/c1-12-9-14(7-8-19-12)17-16(10-22)25-18(21-17)20-15-5-3-13(4-6-15)11-26(2,23)24/h3-9,22H,10-11H2,1-2H3,(H,20,21). The van der Waals surface area contributed by atoms with Crippen LogP contribution in [0.5, 0.6) is 0 Å². The number of hydrogen-bond acceptors (Lipinski definition) is 7. The van der Waals surface area contributed by atoms with Crippen molar-refractivity contribution in [2.75, 3.05) is 11.6 Å². The largest absolute Gasteiger partial charge is 0.391 e. The molecule has 0 fully saturated rings. The third-order valence-electron chi connectivity index (χ3n) is 3.65. The van der Waals surface area contributed by atoms with Crippen LogP contribution in [0.25, 0.3) is 11.3 Å². The summed E-state index contributed by atoms with van der Waals surface area (Å²) in [6.07, 6.45) is 2.94. The van der Waals surface area contributed by atoms with Gasteiger partial charge in [0.25, 0.3) is 0 Å². The lowest BCUT2D eigenvalue weighted by molar-refractivity contribution is 0.286. The van der Waals surface area contributed by atoms with Crippen LogP contribution in [0.15, 0.2) is 42.6 Å². The van der Waals surface area contributed by atoms with E-state index in [1.165, 1.54) is 17.6 Å². The van der Waals surface area contributed by atoms with Gasteiger partial charge in [-0.05, 0) is 36.8 Å². The average molecular weight is 390 g/mol. The van der Waals surface area contributed by atoms with Gasteiger partial charge in [-0.25, -0.2) is 13.4 Å². The number of sulfone groups is 1. The highest BCUT2D eigenvalue weighted by molar-refractivity contribution is 7.89. The molecule has 136 valence electrons. The number of anilines is 2. The summed E-state index contributed by atoms with van der Waals surface area (Å²) in [5.41, 5.74) is 4.07. The lowest BCUT2D eigenvalue weighted by Crippen LogP contribution is -2.00. The van der Waals surface area contributed by atoms with Crippen molar-refractivity contribution in [3.05, 3.63) is 58.7 Å². The first-order valence-electron chi connectivity index (χ1n) is 7.91. The summed E-state index contributed by atoms with van der Waals surface area (Å²) in [6, 6.07) is 11.0. The number of thiazole rings is 1. The first kappa shape index (κ1) is 18.5. The maximum atomic E-state index is 11.4. The predicted octanol–water partition coefficient (Wildman–Crippen LogP) is 3.29. The molecule has 0 radical (unpaired) electrons. The topological polar surface area (TPSA) is 92.2 Å². The number of nitrogens with zero attached hydrogens (tertiary/aromatic N) is 2. The Morgan fingerprint density at radius 2 is 1.92 bits per heavy atom. The molecule has 2 N–H and O–H groups in total. The molecule has 8 heteroatoms. The number of nitrogens with one attached hydrogen (secondary N) is 1. The van der Waals surface area contributed by atoms with E-state index < -0.39 is 9.84 Å². The number of aromatic nitrogens is 2. The van der Waals surface area contributed by atoms with Crippen molar-refractivity contribution in [3.63, 3.8) is 0 Å². The second-order valence-corrected chi connectivity index (χ2v) is 9.25. The number of aryl methyl sites for hydroxylation is 1. The molecule has 0 aliphatic rings. The van der Waals surface area contributed by atoms with Gasteiger partial charge in [-0.3, -0.25) is 4.98 Å². The second-order valence-electron chi connectivity index (χ2n) is 6.03. The van der Waals surface area contributed by atoms with E-state index >= 15 is 0 Å². The van der Waals surface area contributed by atoms with Gasteiger partial charge in [0.05, 0.1) is 22.9 Å². The lowest BCUT2D eigenvalue weighted by Gasteiger charge is -2.04. The van der Waals surface area contributed by atoms with E-state index in [2.05, 4.69) is 15.3 Å². The van der Waals surface area contributed by atoms with Crippen molar-refractivity contribution in [2.24, 2.45) is 0 Å². The second kappa shape index (κ2) is 7.53. The highest BCUT2D eigenvalue weighted by Crippen LogP contribution is 2.32. The minimum Gasteiger partial charge on any atom is -0.391 e. The van der Waals surface area contributed by atoms with Gasteiger partial charge >= 0.3 is 0 Å². The Labute approximate surface area is 156 Å². The molecule has 6 nitrogen and oxygen atoms in total. The van der Waals surface area contributed by atoms with Gasteiger partial charge < -0.3 is 10.4 Å². The van der Waals surface area contributed by atoms with Gasteiger partial charge in [-0.1, -0.05) is 23.5 Å². The average Bonchev–Trinajstić information content (AvgIpc) is 2.98. The summed E-state index contributed by atoms with van der Waals surface area (Å²) in [6.45, 7) is 1.81. The predicted molar refractivity (Wildman–Crippen MR) is 104 cm³/mol. The zero-order valence-corrected chi connectivity index (χ0v) is 16.1. The normalized spacial score (nSPS) is 11.5. The lowest BCUT2D eigenvalue weighted by atomic mass is 10.1. The van der Waals surface area contributed by atoms with E-state index in [-0.39, 0.29) is 12.4 Å². The van der Waals surface area contributed by atoms with Gasteiger partial charge in [0.2, 0.25) is 0 Å². The maximum Gasteiger partial charge on any atom is 0.188 e. The summed E-state index contributed by atoms with van der Waals surface area (Å²) < 4.78 is 22.7. The molecule has 2 heterocycles. The van der Waals surface area contributed by atoms with E-state index in [4.69, 9.17) is 0 Å². The molecule has 0 spiro atoms. The number of aliphatic hydroxyl groups excluding tert-OH is 1. The molecule has 0 saturated heterocycles. The molecule has 0 amide bonds. The zero-order chi connectivity index (χ0) is 18.7. The molecule has 2 aromatic heterocycles. The Kier molecular flexibility index (Phi) is 5.36. The minimum atomic E-state index is -3.05. The molecule has 0 bridgehead atoms. The zero-order valence-electron chi connectivity index (χ0n) is 14.4. The molecule has 0 unspecified atom stereocenters. The van der Waals surface area contributed by atoms with Crippen molar-refractivity contribution in [3.8, 4) is 11.3 Å². The van der Waals surface area contributed by atoms with Crippen molar-refractivity contribution in [1.82, 2.24) is 9.97 Å². The van der Waals surface area contributed by atoms with Gasteiger partial charge in [0, 0.05) is 29.4 Å². The number of pyridine rings is 1. The molecule has 0 saturated carbocycles. The molecule has 3 rings (SSSR count). The number of rotatable bonds is 6. The minimum absolute atomic E-state index is 0.0186.